The summed E-state index contributed by atoms with van der Waals surface area (Å²) in [5.74, 6) is 0.668. The van der Waals surface area contributed by atoms with Gasteiger partial charge in [0, 0.05) is 81.5 Å². The minimum atomic E-state index is -0.383. The van der Waals surface area contributed by atoms with E-state index in [1.165, 1.54) is 17.2 Å². The highest BCUT2D eigenvalue weighted by Gasteiger charge is 2.26. The van der Waals surface area contributed by atoms with Crippen molar-refractivity contribution in [2.45, 2.75) is 39.8 Å². The second kappa shape index (κ2) is 15.2. The Balaban J connectivity index is 0.00000162. The van der Waals surface area contributed by atoms with Crippen LogP contribution in [0.2, 0.25) is 0 Å². The van der Waals surface area contributed by atoms with Gasteiger partial charge in [0.25, 0.3) is 17.4 Å². The van der Waals surface area contributed by atoms with E-state index in [1.54, 1.807) is 38.5 Å². The highest BCUT2D eigenvalue weighted by Crippen LogP contribution is 2.22. The summed E-state index contributed by atoms with van der Waals surface area (Å²) < 4.78 is 0. The number of benzene rings is 1. The van der Waals surface area contributed by atoms with Crippen LogP contribution < -0.4 is 21.5 Å². The molecule has 1 saturated heterocycles. The van der Waals surface area contributed by atoms with Crippen LogP contribution in [0.5, 0.6) is 0 Å². The predicted octanol–water partition coefficient (Wildman–Crippen LogP) is 3.31. The smallest absolute Gasteiger partial charge is 0.267 e. The van der Waals surface area contributed by atoms with Gasteiger partial charge in [-0.25, -0.2) is 9.97 Å². The normalized spacial score (nSPS) is 14.9. The van der Waals surface area contributed by atoms with Crippen molar-refractivity contribution in [1.29, 1.82) is 0 Å². The van der Waals surface area contributed by atoms with Crippen molar-refractivity contribution in [2.75, 3.05) is 32.1 Å². The fourth-order valence-corrected chi connectivity index (χ4v) is 4.31. The molecule has 2 aromatic heterocycles. The van der Waals surface area contributed by atoms with E-state index in [9.17, 15) is 14.4 Å². The summed E-state index contributed by atoms with van der Waals surface area (Å²) in [7, 11) is 3.39. The van der Waals surface area contributed by atoms with Gasteiger partial charge in [-0.05, 0) is 38.5 Å². The third-order valence-electron chi connectivity index (χ3n) is 6.38. The van der Waals surface area contributed by atoms with Crippen molar-refractivity contribution in [3.63, 3.8) is 0 Å². The maximum absolute atomic E-state index is 13.1. The largest absolute Gasteiger partial charge is 0.394 e. The number of H-pyrrole nitrogens is 1. The number of nitrogens with one attached hydrogen (secondary N) is 2. The van der Waals surface area contributed by atoms with Crippen LogP contribution in [0.1, 0.15) is 43.1 Å². The highest BCUT2D eigenvalue weighted by molar-refractivity contribution is 6.09. The summed E-state index contributed by atoms with van der Waals surface area (Å²) in [5.41, 5.74) is 9.93. The van der Waals surface area contributed by atoms with E-state index in [-0.39, 0.29) is 35.7 Å². The number of anilines is 1. The van der Waals surface area contributed by atoms with Crippen LogP contribution >= 0.6 is 0 Å². The molecule has 4 rings (SSSR count). The molecule has 3 heterocycles. The van der Waals surface area contributed by atoms with E-state index >= 15 is 0 Å². The van der Waals surface area contributed by atoms with E-state index in [0.29, 0.717) is 42.3 Å². The van der Waals surface area contributed by atoms with Gasteiger partial charge in [0.2, 0.25) is 0 Å². The number of aromatic amines is 1. The van der Waals surface area contributed by atoms with Gasteiger partial charge in [-0.1, -0.05) is 30.3 Å². The van der Waals surface area contributed by atoms with Crippen LogP contribution in [0.4, 0.5) is 5.82 Å². The van der Waals surface area contributed by atoms with Crippen LogP contribution in [0, 0.1) is 0 Å². The van der Waals surface area contributed by atoms with Gasteiger partial charge < -0.3 is 25.8 Å². The minimum absolute atomic E-state index is 0.0504. The molecule has 0 atom stereocenters. The van der Waals surface area contributed by atoms with E-state index < -0.39 is 0 Å². The molecule has 0 radical (unpaired) electrons. The van der Waals surface area contributed by atoms with Gasteiger partial charge in [-0.3, -0.25) is 19.4 Å². The third kappa shape index (κ3) is 8.96. The Labute approximate surface area is 252 Å². The molecule has 1 aromatic carbocycles. The van der Waals surface area contributed by atoms with Gasteiger partial charge in [0.05, 0.1) is 5.56 Å². The minimum Gasteiger partial charge on any atom is -0.394 e. The molecule has 3 aromatic rings. The van der Waals surface area contributed by atoms with Crippen LogP contribution in [0.3, 0.4) is 0 Å². The molecule has 226 valence electrons. The average molecular weight is 585 g/mol. The number of amides is 2. The number of nitrogens with zero attached hydrogens (tertiary/aromatic N) is 5. The van der Waals surface area contributed by atoms with Gasteiger partial charge in [-0.15, -0.1) is 6.58 Å². The number of rotatable bonds is 7. The van der Waals surface area contributed by atoms with Crippen LogP contribution in [0.25, 0.3) is 11.4 Å². The summed E-state index contributed by atoms with van der Waals surface area (Å²) >= 11 is 0. The number of nitrogens with two attached hydrogens (primary N) is 1. The number of allylic oxidation sites excluding steroid dienone is 1. The number of pyridine rings is 1. The van der Waals surface area contributed by atoms with E-state index in [1.807, 2.05) is 49.9 Å². The Morgan fingerprint density at radius 2 is 1.86 bits per heavy atom. The number of carbonyl (C=O) groups excluding carboxylic acids is 2. The van der Waals surface area contributed by atoms with Crippen molar-refractivity contribution < 1.29 is 9.59 Å². The summed E-state index contributed by atoms with van der Waals surface area (Å²) in [6.45, 7) is 10.5. The molecule has 11 heteroatoms. The standard InChI is InChI=1S/C29H34N8O3.C3H6/c1-18(2)34-23-12-14-37(24-10-9-21(16-32-24)29(40)36(3)4)17-22(23)26(30)28(39)33-15-19-5-7-20(8-6-19)27-31-13-11-25(38)35-27;1-3-2/h5-11,13,16,18H,12,14-15,17,30H2,1-4H3,(H,33,39)(H,31,35,38);3H,1H2,2H3/b26-22-,34-23?;. The second-order valence-electron chi connectivity index (χ2n) is 10.4. The summed E-state index contributed by atoms with van der Waals surface area (Å²) in [4.78, 5) is 56.5. The van der Waals surface area contributed by atoms with Gasteiger partial charge >= 0.3 is 0 Å². The average Bonchev–Trinajstić information content (AvgIpc) is 3.00. The zero-order valence-corrected chi connectivity index (χ0v) is 25.4. The maximum Gasteiger partial charge on any atom is 0.267 e. The lowest BCUT2D eigenvalue weighted by Crippen LogP contribution is -2.40. The maximum atomic E-state index is 13.1. The van der Waals surface area contributed by atoms with Gasteiger partial charge in [-0.2, -0.15) is 0 Å². The lowest BCUT2D eigenvalue weighted by molar-refractivity contribution is -0.117. The molecule has 2 amide bonds. The Kier molecular flexibility index (Phi) is 11.5. The monoisotopic (exact) mass is 584 g/mol. The number of aromatic nitrogens is 3. The number of carbonyl (C=O) groups is 2. The van der Waals surface area contributed by atoms with E-state index in [0.717, 1.165) is 16.8 Å². The molecule has 0 saturated carbocycles. The molecular weight excluding hydrogens is 544 g/mol. The topological polar surface area (TPSA) is 150 Å². The number of piperidine rings is 1. The number of aliphatic imine (C=N–C) groups is 1. The molecule has 11 nitrogen and oxygen atoms in total. The highest BCUT2D eigenvalue weighted by atomic mass is 16.2. The zero-order valence-electron chi connectivity index (χ0n) is 25.4. The quantitative estimate of drug-likeness (QED) is 0.285. The molecule has 1 aliphatic heterocycles. The first-order valence-corrected chi connectivity index (χ1v) is 14.0. The third-order valence-corrected chi connectivity index (χ3v) is 6.38. The lowest BCUT2D eigenvalue weighted by atomic mass is 9.99. The SMILES string of the molecule is C=CC.CC(C)N=C1CCN(c2ccc(C(=O)N(C)C)cn2)C/C1=C(/N)C(=O)NCc1ccc(-c2nccc(=O)[nH]2)cc1. The van der Waals surface area contributed by atoms with Crippen molar-refractivity contribution in [3.8, 4) is 11.4 Å². The number of hydrogen-bond donors (Lipinski definition) is 3. The molecule has 1 aliphatic rings. The summed E-state index contributed by atoms with van der Waals surface area (Å²) in [6.07, 6.45) is 5.38. The summed E-state index contributed by atoms with van der Waals surface area (Å²) in [5, 5.41) is 2.90. The first kappa shape index (κ1) is 32.5. The molecule has 1 fully saturated rings. The van der Waals surface area contributed by atoms with Crippen molar-refractivity contribution in [3.05, 3.63) is 100 Å². The first-order chi connectivity index (χ1) is 20.5. The molecule has 0 spiro atoms. The predicted molar refractivity (Wildman–Crippen MR) is 171 cm³/mol. The number of hydrogen-bond acceptors (Lipinski definition) is 8. The summed E-state index contributed by atoms with van der Waals surface area (Å²) in [6, 6.07) is 12.3. The Morgan fingerprint density at radius 3 is 2.44 bits per heavy atom. The van der Waals surface area contributed by atoms with Crippen molar-refractivity contribution >= 4 is 23.3 Å². The molecule has 0 unspecified atom stereocenters. The van der Waals surface area contributed by atoms with E-state index in [4.69, 9.17) is 10.7 Å². The fraction of sp³-hybridized carbons (Fsp3) is 0.312. The van der Waals surface area contributed by atoms with Crippen LogP contribution in [0.15, 0.2) is 88.6 Å². The Hall–Kier alpha value is -5.06. The van der Waals surface area contributed by atoms with Crippen molar-refractivity contribution in [2.24, 2.45) is 10.7 Å². The fourth-order valence-electron chi connectivity index (χ4n) is 4.31. The molecule has 0 aliphatic carbocycles. The van der Waals surface area contributed by atoms with Crippen LogP contribution in [-0.2, 0) is 11.3 Å². The van der Waals surface area contributed by atoms with Gasteiger partial charge in [0.15, 0.2) is 0 Å². The molecule has 0 bridgehead atoms. The zero-order chi connectivity index (χ0) is 31.5. The molecule has 43 heavy (non-hydrogen) atoms. The molecular formula is C32H40N8O3. The Morgan fingerprint density at radius 1 is 1.16 bits per heavy atom. The Bertz CT molecular complexity index is 1540. The van der Waals surface area contributed by atoms with E-state index in [2.05, 4.69) is 26.8 Å². The van der Waals surface area contributed by atoms with Crippen molar-refractivity contribution in [1.82, 2.24) is 25.2 Å². The van der Waals surface area contributed by atoms with Gasteiger partial charge in [0.1, 0.15) is 17.3 Å². The first-order valence-electron chi connectivity index (χ1n) is 14.0. The molecule has 4 N–H and O–H groups in total. The second-order valence-corrected chi connectivity index (χ2v) is 10.4. The lowest BCUT2D eigenvalue weighted by Gasteiger charge is -2.32. The van der Waals surface area contributed by atoms with Crippen LogP contribution in [-0.4, -0.2) is 70.6 Å².